The van der Waals surface area contributed by atoms with Crippen molar-refractivity contribution < 1.29 is 17.9 Å². The van der Waals surface area contributed by atoms with E-state index in [0.29, 0.717) is 29.5 Å². The minimum absolute atomic E-state index is 0.154. The van der Waals surface area contributed by atoms with E-state index in [1.165, 1.54) is 4.31 Å². The number of fused-ring (bicyclic) bond motifs is 2. The first-order valence-corrected chi connectivity index (χ1v) is 11.3. The molecular formula is C23H25N3O4S. The monoisotopic (exact) mass is 439 g/mol. The Kier molecular flexibility index (Phi) is 5.49. The maximum atomic E-state index is 13.2. The number of aliphatic imine (C=N–C) groups is 1. The highest BCUT2D eigenvalue weighted by atomic mass is 32.2. The topological polar surface area (TPSA) is 71.4 Å². The number of hydrogen-bond acceptors (Lipinski definition) is 6. The number of hydrogen-bond donors (Lipinski definition) is 0. The van der Waals surface area contributed by atoms with Crippen LogP contribution in [-0.2, 0) is 10.0 Å². The molecule has 0 spiro atoms. The Morgan fingerprint density at radius 3 is 2.39 bits per heavy atom. The SMILES string of the molecule is COc1ccc(C(C)CN2C=CC=C3C2=Nc2cc(OC)ccc2S(=O)(=O)N3C)cc1. The second-order valence-electron chi connectivity index (χ2n) is 7.46. The fourth-order valence-corrected chi connectivity index (χ4v) is 5.00. The lowest BCUT2D eigenvalue weighted by molar-refractivity contribution is 0.414. The van der Waals surface area contributed by atoms with Crippen LogP contribution in [0.5, 0.6) is 11.5 Å². The van der Waals surface area contributed by atoms with Gasteiger partial charge in [0.05, 0.1) is 25.6 Å². The summed E-state index contributed by atoms with van der Waals surface area (Å²) in [6.45, 7) is 2.76. The average Bonchev–Trinajstić information content (AvgIpc) is 2.87. The molecule has 0 amide bonds. The summed E-state index contributed by atoms with van der Waals surface area (Å²) >= 11 is 0. The Morgan fingerprint density at radius 1 is 1.03 bits per heavy atom. The van der Waals surface area contributed by atoms with Gasteiger partial charge in [0, 0.05) is 25.9 Å². The highest BCUT2D eigenvalue weighted by Crippen LogP contribution is 2.37. The lowest BCUT2D eigenvalue weighted by Gasteiger charge is -2.31. The van der Waals surface area contributed by atoms with Crippen LogP contribution < -0.4 is 9.47 Å². The number of nitrogens with zero attached hydrogens (tertiary/aromatic N) is 3. The van der Waals surface area contributed by atoms with Crippen LogP contribution >= 0.6 is 0 Å². The van der Waals surface area contributed by atoms with Gasteiger partial charge in [-0.05, 0) is 47.9 Å². The van der Waals surface area contributed by atoms with E-state index < -0.39 is 10.0 Å². The molecule has 0 saturated heterocycles. The van der Waals surface area contributed by atoms with Crippen molar-refractivity contribution in [2.75, 3.05) is 27.8 Å². The van der Waals surface area contributed by atoms with Gasteiger partial charge in [0.25, 0.3) is 10.0 Å². The Morgan fingerprint density at radius 2 is 1.71 bits per heavy atom. The Bertz CT molecular complexity index is 1180. The summed E-state index contributed by atoms with van der Waals surface area (Å²) in [7, 11) is 1.00. The van der Waals surface area contributed by atoms with Gasteiger partial charge < -0.3 is 14.4 Å². The molecule has 2 heterocycles. The highest BCUT2D eigenvalue weighted by molar-refractivity contribution is 7.89. The molecule has 2 aliphatic rings. The first-order chi connectivity index (χ1) is 14.8. The van der Waals surface area contributed by atoms with Crippen LogP contribution in [0.2, 0.25) is 0 Å². The molecule has 7 nitrogen and oxygen atoms in total. The van der Waals surface area contributed by atoms with Gasteiger partial charge in [0.2, 0.25) is 0 Å². The zero-order valence-corrected chi connectivity index (χ0v) is 18.8. The normalized spacial score (nSPS) is 17.7. The molecular weight excluding hydrogens is 414 g/mol. The van der Waals surface area contributed by atoms with Crippen LogP contribution in [0, 0.1) is 0 Å². The number of amidine groups is 1. The van der Waals surface area contributed by atoms with Crippen molar-refractivity contribution in [2.45, 2.75) is 17.7 Å². The van der Waals surface area contributed by atoms with Gasteiger partial charge >= 0.3 is 0 Å². The zero-order valence-electron chi connectivity index (χ0n) is 17.9. The lowest BCUT2D eigenvalue weighted by Crippen LogP contribution is -2.38. The van der Waals surface area contributed by atoms with Crippen molar-refractivity contribution in [3.8, 4) is 11.5 Å². The molecule has 31 heavy (non-hydrogen) atoms. The number of ether oxygens (including phenoxy) is 2. The second-order valence-corrected chi connectivity index (χ2v) is 9.40. The predicted octanol–water partition coefficient (Wildman–Crippen LogP) is 3.88. The quantitative estimate of drug-likeness (QED) is 0.707. The molecule has 0 aliphatic carbocycles. The minimum Gasteiger partial charge on any atom is -0.497 e. The highest BCUT2D eigenvalue weighted by Gasteiger charge is 2.34. The molecule has 0 saturated carbocycles. The van der Waals surface area contributed by atoms with Crippen LogP contribution in [0.4, 0.5) is 5.69 Å². The van der Waals surface area contributed by atoms with Gasteiger partial charge in [-0.1, -0.05) is 19.1 Å². The average molecular weight is 440 g/mol. The molecule has 2 aromatic carbocycles. The fourth-order valence-electron chi connectivity index (χ4n) is 3.70. The number of rotatable bonds is 5. The summed E-state index contributed by atoms with van der Waals surface area (Å²) in [5, 5.41) is 0. The van der Waals surface area contributed by atoms with E-state index in [0.717, 1.165) is 11.3 Å². The van der Waals surface area contributed by atoms with E-state index in [-0.39, 0.29) is 10.8 Å². The van der Waals surface area contributed by atoms with Crippen molar-refractivity contribution in [3.63, 3.8) is 0 Å². The van der Waals surface area contributed by atoms with Crippen molar-refractivity contribution in [3.05, 3.63) is 72.1 Å². The van der Waals surface area contributed by atoms with E-state index in [4.69, 9.17) is 14.5 Å². The smallest absolute Gasteiger partial charge is 0.266 e. The molecule has 2 aliphatic heterocycles. The molecule has 4 rings (SSSR count). The number of allylic oxidation sites excluding steroid dienone is 2. The van der Waals surface area contributed by atoms with Gasteiger partial charge in [-0.15, -0.1) is 0 Å². The summed E-state index contributed by atoms with van der Waals surface area (Å²) in [5.41, 5.74) is 2.05. The van der Waals surface area contributed by atoms with Crippen LogP contribution in [0.15, 0.2) is 76.4 Å². The summed E-state index contributed by atoms with van der Waals surface area (Å²) < 4.78 is 38.2. The van der Waals surface area contributed by atoms with E-state index in [2.05, 4.69) is 6.92 Å². The van der Waals surface area contributed by atoms with Crippen molar-refractivity contribution in [1.29, 1.82) is 0 Å². The third-order valence-corrected chi connectivity index (χ3v) is 7.37. The molecule has 8 heteroatoms. The van der Waals surface area contributed by atoms with Crippen molar-refractivity contribution in [1.82, 2.24) is 9.21 Å². The molecule has 0 N–H and O–H groups in total. The maximum absolute atomic E-state index is 13.2. The maximum Gasteiger partial charge on any atom is 0.266 e. The second kappa shape index (κ2) is 8.11. The molecule has 0 bridgehead atoms. The van der Waals surface area contributed by atoms with E-state index in [1.54, 1.807) is 45.5 Å². The predicted molar refractivity (Wildman–Crippen MR) is 120 cm³/mol. The van der Waals surface area contributed by atoms with Crippen LogP contribution in [0.25, 0.3) is 0 Å². The summed E-state index contributed by atoms with van der Waals surface area (Å²) in [6, 6.07) is 12.8. The summed E-state index contributed by atoms with van der Waals surface area (Å²) in [6.07, 6.45) is 5.54. The van der Waals surface area contributed by atoms with E-state index in [1.807, 2.05) is 41.4 Å². The number of likely N-dealkylation sites (N-methyl/N-ethyl adjacent to an activating group) is 1. The fraction of sp³-hybridized carbons (Fsp3) is 0.261. The van der Waals surface area contributed by atoms with E-state index >= 15 is 0 Å². The molecule has 1 unspecified atom stereocenters. The van der Waals surface area contributed by atoms with Gasteiger partial charge in [-0.25, -0.2) is 13.4 Å². The molecule has 0 aromatic heterocycles. The Balaban J connectivity index is 1.73. The third kappa shape index (κ3) is 3.79. The Hall–Kier alpha value is -3.26. The summed E-state index contributed by atoms with van der Waals surface area (Å²) in [5.74, 6) is 2.12. The molecule has 2 aromatic rings. The van der Waals surface area contributed by atoms with Crippen LogP contribution in [0.3, 0.4) is 0 Å². The van der Waals surface area contributed by atoms with Crippen molar-refractivity contribution in [2.24, 2.45) is 4.99 Å². The zero-order chi connectivity index (χ0) is 22.2. The number of sulfonamides is 1. The lowest BCUT2D eigenvalue weighted by atomic mass is 10.00. The van der Waals surface area contributed by atoms with Gasteiger partial charge in [0.1, 0.15) is 16.4 Å². The molecule has 162 valence electrons. The third-order valence-electron chi connectivity index (χ3n) is 5.55. The van der Waals surface area contributed by atoms with Crippen LogP contribution in [0.1, 0.15) is 18.4 Å². The molecule has 1 atom stereocenters. The standard InChI is InChI=1S/C23H25N3O4S/c1-16(17-7-9-18(29-3)10-8-17)15-26-13-5-6-21-23(26)24-20-14-19(30-4)11-12-22(20)31(27,28)25(21)2/h5-14,16H,15H2,1-4H3. The number of methoxy groups -OCH3 is 2. The number of benzene rings is 2. The molecule has 0 fully saturated rings. The van der Waals surface area contributed by atoms with Gasteiger partial charge in [-0.2, -0.15) is 0 Å². The van der Waals surface area contributed by atoms with Crippen LogP contribution in [-0.4, -0.2) is 51.3 Å². The molecule has 0 radical (unpaired) electrons. The summed E-state index contributed by atoms with van der Waals surface area (Å²) in [4.78, 5) is 6.92. The van der Waals surface area contributed by atoms with Gasteiger partial charge in [-0.3, -0.25) is 4.31 Å². The van der Waals surface area contributed by atoms with E-state index in [9.17, 15) is 8.42 Å². The van der Waals surface area contributed by atoms with Crippen molar-refractivity contribution >= 4 is 21.5 Å². The largest absolute Gasteiger partial charge is 0.497 e. The first-order valence-electron chi connectivity index (χ1n) is 9.90. The first kappa shape index (κ1) is 21.0. The minimum atomic E-state index is -3.74. The Labute approximate surface area is 183 Å². The van der Waals surface area contributed by atoms with Gasteiger partial charge in [0.15, 0.2) is 5.84 Å².